The number of piperidine rings is 1. The molecule has 1 aromatic rings. The summed E-state index contributed by atoms with van der Waals surface area (Å²) in [6, 6.07) is 8.07. The molecule has 2 aliphatic heterocycles. The van der Waals surface area contributed by atoms with Crippen molar-refractivity contribution in [2.24, 2.45) is 5.92 Å². The van der Waals surface area contributed by atoms with Gasteiger partial charge in [-0.05, 0) is 31.7 Å². The minimum Gasteiger partial charge on any atom is -0.342 e. The van der Waals surface area contributed by atoms with Gasteiger partial charge in [-0.2, -0.15) is 0 Å². The Hall–Kier alpha value is -1.84. The zero-order valence-electron chi connectivity index (χ0n) is 13.4. The topological polar surface area (TPSA) is 40.6 Å². The lowest BCUT2D eigenvalue weighted by molar-refractivity contribution is -0.137. The van der Waals surface area contributed by atoms with Gasteiger partial charge in [0.15, 0.2) is 0 Å². The molecule has 3 rings (SSSR count). The Morgan fingerprint density at radius 2 is 1.73 bits per heavy atom. The van der Waals surface area contributed by atoms with Crippen molar-refractivity contribution in [1.29, 1.82) is 0 Å². The normalized spacial score (nSPS) is 25.6. The summed E-state index contributed by atoms with van der Waals surface area (Å²) in [6.45, 7) is 3.73. The second-order valence-electron chi connectivity index (χ2n) is 6.56. The van der Waals surface area contributed by atoms with Crippen LogP contribution in [0, 0.1) is 12.8 Å². The number of amides is 2. The van der Waals surface area contributed by atoms with Crippen LogP contribution in [-0.4, -0.2) is 41.8 Å². The van der Waals surface area contributed by atoms with Gasteiger partial charge < -0.3 is 9.80 Å². The molecule has 2 heterocycles. The zero-order chi connectivity index (χ0) is 15.7. The van der Waals surface area contributed by atoms with Gasteiger partial charge >= 0.3 is 0 Å². The Morgan fingerprint density at radius 3 is 2.36 bits per heavy atom. The van der Waals surface area contributed by atoms with Gasteiger partial charge in [-0.25, -0.2) is 0 Å². The van der Waals surface area contributed by atoms with Crippen molar-refractivity contribution in [3.05, 3.63) is 35.4 Å². The van der Waals surface area contributed by atoms with Gasteiger partial charge in [0.05, 0.1) is 12.0 Å². The lowest BCUT2D eigenvalue weighted by Crippen LogP contribution is -2.41. The molecule has 0 aromatic heterocycles. The molecule has 2 saturated heterocycles. The number of likely N-dealkylation sites (tertiary alicyclic amines) is 2. The van der Waals surface area contributed by atoms with Crippen LogP contribution in [0.5, 0.6) is 0 Å². The molecular formula is C18H24N2O2. The molecule has 0 N–H and O–H groups in total. The van der Waals surface area contributed by atoms with Crippen molar-refractivity contribution < 1.29 is 9.59 Å². The van der Waals surface area contributed by atoms with Crippen LogP contribution in [0.1, 0.15) is 42.9 Å². The van der Waals surface area contributed by atoms with E-state index >= 15 is 0 Å². The molecular weight excluding hydrogens is 276 g/mol. The number of hydrogen-bond donors (Lipinski definition) is 0. The Kier molecular flexibility index (Phi) is 4.19. The van der Waals surface area contributed by atoms with Crippen molar-refractivity contribution in [2.75, 3.05) is 20.1 Å². The fourth-order valence-electron chi connectivity index (χ4n) is 3.66. The molecule has 0 saturated carbocycles. The number of aryl methyl sites for hydroxylation is 1. The Balaban J connectivity index is 1.86. The molecule has 2 fully saturated rings. The van der Waals surface area contributed by atoms with Crippen LogP contribution in [0.15, 0.2) is 24.3 Å². The van der Waals surface area contributed by atoms with E-state index in [-0.39, 0.29) is 23.8 Å². The van der Waals surface area contributed by atoms with Crippen molar-refractivity contribution in [2.45, 2.75) is 38.6 Å². The highest BCUT2D eigenvalue weighted by atomic mass is 16.2. The van der Waals surface area contributed by atoms with Crippen molar-refractivity contribution in [3.8, 4) is 0 Å². The average molecular weight is 300 g/mol. The van der Waals surface area contributed by atoms with E-state index in [0.29, 0.717) is 6.42 Å². The van der Waals surface area contributed by atoms with E-state index in [4.69, 9.17) is 0 Å². The predicted molar refractivity (Wildman–Crippen MR) is 85.2 cm³/mol. The van der Waals surface area contributed by atoms with Gasteiger partial charge in [-0.15, -0.1) is 0 Å². The molecule has 118 valence electrons. The maximum Gasteiger partial charge on any atom is 0.228 e. The highest BCUT2D eigenvalue weighted by Crippen LogP contribution is 2.38. The van der Waals surface area contributed by atoms with Gasteiger partial charge in [-0.3, -0.25) is 9.59 Å². The van der Waals surface area contributed by atoms with Gasteiger partial charge in [-0.1, -0.05) is 29.8 Å². The van der Waals surface area contributed by atoms with Crippen molar-refractivity contribution in [1.82, 2.24) is 9.80 Å². The largest absolute Gasteiger partial charge is 0.342 e. The van der Waals surface area contributed by atoms with E-state index < -0.39 is 0 Å². The van der Waals surface area contributed by atoms with E-state index in [1.807, 2.05) is 31.0 Å². The lowest BCUT2D eigenvalue weighted by Gasteiger charge is -2.32. The third-order valence-electron chi connectivity index (χ3n) is 4.99. The maximum atomic E-state index is 12.9. The zero-order valence-corrected chi connectivity index (χ0v) is 13.4. The summed E-state index contributed by atoms with van der Waals surface area (Å²) in [4.78, 5) is 28.8. The molecule has 0 unspecified atom stereocenters. The first-order valence-electron chi connectivity index (χ1n) is 8.19. The Morgan fingerprint density at radius 1 is 1.09 bits per heavy atom. The molecule has 0 radical (unpaired) electrons. The van der Waals surface area contributed by atoms with E-state index in [9.17, 15) is 9.59 Å². The fourth-order valence-corrected chi connectivity index (χ4v) is 3.66. The quantitative estimate of drug-likeness (QED) is 0.842. The number of rotatable bonds is 2. The molecule has 1 aromatic carbocycles. The number of carbonyl (C=O) groups is 2. The molecule has 2 amide bonds. The predicted octanol–water partition coefficient (Wildman–Crippen LogP) is 2.53. The molecule has 2 atom stereocenters. The minimum atomic E-state index is -0.238. The third kappa shape index (κ3) is 2.74. The standard InChI is InChI=1S/C18H24N2O2/c1-13-6-8-14(9-7-13)17-15(12-16(21)19(17)2)18(22)20-10-4-3-5-11-20/h6-9,15,17H,3-5,10-12H2,1-2H3/t15-,17+/m1/s1. The first-order valence-corrected chi connectivity index (χ1v) is 8.19. The molecule has 2 aliphatic rings. The van der Waals surface area contributed by atoms with Gasteiger partial charge in [0.2, 0.25) is 11.8 Å². The maximum absolute atomic E-state index is 12.9. The number of nitrogens with zero attached hydrogens (tertiary/aromatic N) is 2. The molecule has 22 heavy (non-hydrogen) atoms. The smallest absolute Gasteiger partial charge is 0.228 e. The molecule has 0 bridgehead atoms. The highest BCUT2D eigenvalue weighted by Gasteiger charge is 2.44. The van der Waals surface area contributed by atoms with Crippen molar-refractivity contribution in [3.63, 3.8) is 0 Å². The van der Waals surface area contributed by atoms with Gasteiger partial charge in [0.25, 0.3) is 0 Å². The summed E-state index contributed by atoms with van der Waals surface area (Å²) in [7, 11) is 1.82. The number of hydrogen-bond acceptors (Lipinski definition) is 2. The number of benzene rings is 1. The summed E-state index contributed by atoms with van der Waals surface area (Å²) < 4.78 is 0. The summed E-state index contributed by atoms with van der Waals surface area (Å²) in [5.41, 5.74) is 2.25. The summed E-state index contributed by atoms with van der Waals surface area (Å²) in [6.07, 6.45) is 3.70. The summed E-state index contributed by atoms with van der Waals surface area (Å²) in [5.74, 6) is -0.0118. The average Bonchev–Trinajstić information content (AvgIpc) is 2.84. The van der Waals surface area contributed by atoms with Crippen LogP contribution >= 0.6 is 0 Å². The van der Waals surface area contributed by atoms with Crippen molar-refractivity contribution >= 4 is 11.8 Å². The van der Waals surface area contributed by atoms with Gasteiger partial charge in [0, 0.05) is 26.6 Å². The first-order chi connectivity index (χ1) is 10.6. The second kappa shape index (κ2) is 6.11. The first kappa shape index (κ1) is 15.1. The van der Waals surface area contributed by atoms with Crippen LogP contribution in [-0.2, 0) is 9.59 Å². The second-order valence-corrected chi connectivity index (χ2v) is 6.56. The third-order valence-corrected chi connectivity index (χ3v) is 4.99. The SMILES string of the molecule is Cc1ccc([C@H]2[C@H](C(=O)N3CCCCC3)CC(=O)N2C)cc1. The summed E-state index contributed by atoms with van der Waals surface area (Å²) in [5, 5.41) is 0. The van der Waals surface area contributed by atoms with Crippen LogP contribution in [0.3, 0.4) is 0 Å². The minimum absolute atomic E-state index is 0.0703. The van der Waals surface area contributed by atoms with Crippen LogP contribution in [0.4, 0.5) is 0 Å². The van der Waals surface area contributed by atoms with Gasteiger partial charge in [0.1, 0.15) is 0 Å². The molecule has 4 heteroatoms. The monoisotopic (exact) mass is 300 g/mol. The highest BCUT2D eigenvalue weighted by molar-refractivity contribution is 5.90. The number of carbonyl (C=O) groups excluding carboxylic acids is 2. The van der Waals surface area contributed by atoms with Crippen LogP contribution in [0.2, 0.25) is 0 Å². The Labute approximate surface area is 132 Å². The van der Waals surface area contributed by atoms with E-state index in [1.54, 1.807) is 4.90 Å². The lowest BCUT2D eigenvalue weighted by atomic mass is 9.91. The Bertz CT molecular complexity index is 561. The molecule has 0 aliphatic carbocycles. The van der Waals surface area contributed by atoms with E-state index in [1.165, 1.54) is 12.0 Å². The molecule has 4 nitrogen and oxygen atoms in total. The van der Waals surface area contributed by atoms with Crippen LogP contribution in [0.25, 0.3) is 0 Å². The van der Waals surface area contributed by atoms with E-state index in [2.05, 4.69) is 12.1 Å². The summed E-state index contributed by atoms with van der Waals surface area (Å²) >= 11 is 0. The van der Waals surface area contributed by atoms with Crippen LogP contribution < -0.4 is 0 Å². The molecule has 0 spiro atoms. The fraction of sp³-hybridized carbons (Fsp3) is 0.556. The van der Waals surface area contributed by atoms with E-state index in [0.717, 1.165) is 31.5 Å².